The number of methoxy groups -OCH3 is 1. The first-order valence-corrected chi connectivity index (χ1v) is 11.9. The molecule has 2 N–H and O–H groups in total. The summed E-state index contributed by atoms with van der Waals surface area (Å²) >= 11 is 1.25. The number of carbonyl (C=O) groups is 2. The molecule has 1 aliphatic rings. The number of hydrogen-bond donors (Lipinski definition) is 2. The second kappa shape index (κ2) is 10.1. The van der Waals surface area contributed by atoms with Crippen molar-refractivity contribution < 1.29 is 23.1 Å². The molecule has 1 atom stereocenters. The van der Waals surface area contributed by atoms with E-state index in [4.69, 9.17) is 4.74 Å². The number of anilines is 1. The lowest BCUT2D eigenvalue weighted by atomic mass is 9.99. The molecule has 37 heavy (non-hydrogen) atoms. The molecular weight excluding hydrogens is 502 g/mol. The van der Waals surface area contributed by atoms with Crippen molar-refractivity contribution in [2.24, 2.45) is 0 Å². The van der Waals surface area contributed by atoms with Crippen LogP contribution in [0.5, 0.6) is 5.75 Å². The predicted octanol–water partition coefficient (Wildman–Crippen LogP) is 4.53. The van der Waals surface area contributed by atoms with E-state index >= 15 is 0 Å². The predicted molar refractivity (Wildman–Crippen MR) is 132 cm³/mol. The van der Waals surface area contributed by atoms with Crippen molar-refractivity contribution in [1.29, 1.82) is 0 Å². The molecule has 4 aromatic heterocycles. The first-order valence-electron chi connectivity index (χ1n) is 11.1. The minimum absolute atomic E-state index is 0.145. The number of ketones is 1. The van der Waals surface area contributed by atoms with Gasteiger partial charge in [0.05, 0.1) is 24.6 Å². The summed E-state index contributed by atoms with van der Waals surface area (Å²) in [6, 6.07) is 5.55. The summed E-state index contributed by atoms with van der Waals surface area (Å²) in [6.07, 6.45) is 2.87. The fraction of sp³-hybridized carbons (Fsp3) is 0.200. The molecule has 0 radical (unpaired) electrons. The lowest BCUT2D eigenvalue weighted by molar-refractivity contribution is 0.0945. The van der Waals surface area contributed by atoms with Crippen LogP contribution in [-0.4, -0.2) is 38.7 Å². The first kappa shape index (κ1) is 24.5. The Balaban J connectivity index is 1.45. The maximum atomic E-state index is 13.4. The molecule has 1 aliphatic heterocycles. The Morgan fingerprint density at radius 2 is 2.03 bits per heavy atom. The molecule has 0 fully saturated rings. The zero-order valence-electron chi connectivity index (χ0n) is 19.7. The number of fused-ring (bicyclic) bond motifs is 1. The van der Waals surface area contributed by atoms with Crippen molar-refractivity contribution in [3.8, 4) is 16.9 Å². The molecule has 5 heterocycles. The summed E-state index contributed by atoms with van der Waals surface area (Å²) in [7, 11) is 1.39. The molecule has 5 rings (SSSR count). The van der Waals surface area contributed by atoms with Gasteiger partial charge < -0.3 is 4.74 Å². The minimum Gasteiger partial charge on any atom is -0.494 e. The Bertz CT molecular complexity index is 1500. The van der Waals surface area contributed by atoms with Crippen molar-refractivity contribution in [1.82, 2.24) is 25.3 Å². The summed E-state index contributed by atoms with van der Waals surface area (Å²) < 4.78 is 32.1. The number of amides is 1. The molecule has 0 saturated heterocycles. The van der Waals surface area contributed by atoms with Crippen molar-refractivity contribution in [3.63, 3.8) is 0 Å². The highest BCUT2D eigenvalue weighted by atomic mass is 32.1. The van der Waals surface area contributed by atoms with Gasteiger partial charge in [-0.3, -0.25) is 35.2 Å². The Morgan fingerprint density at radius 3 is 2.76 bits per heavy atom. The maximum absolute atomic E-state index is 13.4. The number of nitrogens with zero attached hydrogens (tertiary/aromatic N) is 4. The van der Waals surface area contributed by atoms with Gasteiger partial charge in [-0.15, -0.1) is 0 Å². The van der Waals surface area contributed by atoms with Gasteiger partial charge in [0.2, 0.25) is 0 Å². The van der Waals surface area contributed by atoms with E-state index in [1.54, 1.807) is 31.3 Å². The highest BCUT2D eigenvalue weighted by Crippen LogP contribution is 2.37. The molecule has 0 bridgehead atoms. The van der Waals surface area contributed by atoms with Gasteiger partial charge in [-0.1, -0.05) is 11.3 Å². The zero-order valence-corrected chi connectivity index (χ0v) is 20.5. The van der Waals surface area contributed by atoms with E-state index in [0.29, 0.717) is 34.2 Å². The third-order valence-corrected chi connectivity index (χ3v) is 6.79. The van der Waals surface area contributed by atoms with E-state index in [2.05, 4.69) is 30.6 Å². The Labute approximate surface area is 214 Å². The van der Waals surface area contributed by atoms with Crippen LogP contribution in [0.15, 0.2) is 49.1 Å². The number of ether oxygens (including phenoxy) is 1. The van der Waals surface area contributed by atoms with Crippen molar-refractivity contribution in [3.05, 3.63) is 82.1 Å². The van der Waals surface area contributed by atoms with E-state index in [1.807, 2.05) is 0 Å². The van der Waals surface area contributed by atoms with Crippen LogP contribution in [0, 0.1) is 6.92 Å². The van der Waals surface area contributed by atoms with Crippen molar-refractivity contribution in [2.75, 3.05) is 12.4 Å². The van der Waals surface area contributed by atoms with Crippen molar-refractivity contribution >= 4 is 28.2 Å². The van der Waals surface area contributed by atoms with Crippen LogP contribution in [0.25, 0.3) is 11.1 Å². The smallest absolute Gasteiger partial charge is 0.280 e. The average Bonchev–Trinajstić information content (AvgIpc) is 3.48. The average molecular weight is 523 g/mol. The van der Waals surface area contributed by atoms with Gasteiger partial charge in [-0.2, -0.15) is 0 Å². The molecule has 0 aromatic carbocycles. The van der Waals surface area contributed by atoms with Gasteiger partial charge in [-0.25, -0.2) is 13.8 Å². The maximum Gasteiger partial charge on any atom is 0.280 e. The highest BCUT2D eigenvalue weighted by molar-refractivity contribution is 7.16. The second-order valence-corrected chi connectivity index (χ2v) is 9.27. The normalized spacial score (nSPS) is 14.5. The standard InChI is InChI=1S/C25H20F2N6O3S/c1-12-6-14(15-7-17(23(26)27)30-10-18(15)36-2)16(9-29-12)24(35)33-25-32-20-19(37-25)11-31-21(20)22(34)13-4-3-5-28-8-13/h3-10,21,23,31H,11H2,1-2H3,(H,32,33,35). The fourth-order valence-corrected chi connectivity index (χ4v) is 4.98. The summed E-state index contributed by atoms with van der Waals surface area (Å²) in [6.45, 7) is 2.16. The third kappa shape index (κ3) is 4.80. The third-order valence-electron chi connectivity index (χ3n) is 5.80. The molecule has 0 saturated carbocycles. The highest BCUT2D eigenvalue weighted by Gasteiger charge is 2.33. The van der Waals surface area contributed by atoms with Crippen LogP contribution < -0.4 is 15.4 Å². The van der Waals surface area contributed by atoms with Gasteiger partial charge in [0.25, 0.3) is 12.3 Å². The van der Waals surface area contributed by atoms with Gasteiger partial charge in [0.15, 0.2) is 10.9 Å². The van der Waals surface area contributed by atoms with E-state index in [1.165, 1.54) is 43.1 Å². The van der Waals surface area contributed by atoms with Crippen LogP contribution in [0.4, 0.5) is 13.9 Å². The number of carbonyl (C=O) groups excluding carboxylic acids is 2. The topological polar surface area (TPSA) is 119 Å². The van der Waals surface area contributed by atoms with Gasteiger partial charge in [-0.05, 0) is 31.2 Å². The quantitative estimate of drug-likeness (QED) is 0.340. The molecule has 1 amide bonds. The van der Waals surface area contributed by atoms with E-state index in [0.717, 1.165) is 4.88 Å². The van der Waals surface area contributed by atoms with Gasteiger partial charge in [0.1, 0.15) is 17.5 Å². The summed E-state index contributed by atoms with van der Waals surface area (Å²) in [5.41, 5.74) is 1.94. The number of nitrogens with one attached hydrogen (secondary N) is 2. The van der Waals surface area contributed by atoms with Gasteiger partial charge >= 0.3 is 0 Å². The van der Waals surface area contributed by atoms with Crippen LogP contribution in [0.1, 0.15) is 55.1 Å². The van der Waals surface area contributed by atoms with Crippen LogP contribution in [0.3, 0.4) is 0 Å². The molecule has 0 aliphatic carbocycles. The summed E-state index contributed by atoms with van der Waals surface area (Å²) in [5.74, 6) is -0.463. The molecule has 12 heteroatoms. The lowest BCUT2D eigenvalue weighted by Gasteiger charge is -2.14. The first-order chi connectivity index (χ1) is 17.9. The van der Waals surface area contributed by atoms with E-state index < -0.39 is 24.1 Å². The number of aromatic nitrogens is 4. The number of aryl methyl sites for hydroxylation is 1. The van der Waals surface area contributed by atoms with E-state index in [-0.39, 0.29) is 22.7 Å². The second-order valence-electron chi connectivity index (χ2n) is 8.18. The van der Waals surface area contributed by atoms with Crippen LogP contribution in [-0.2, 0) is 6.54 Å². The van der Waals surface area contributed by atoms with Crippen LogP contribution >= 0.6 is 11.3 Å². The number of alkyl halides is 2. The molecule has 188 valence electrons. The Morgan fingerprint density at radius 1 is 1.19 bits per heavy atom. The zero-order chi connectivity index (χ0) is 26.1. The van der Waals surface area contributed by atoms with Crippen LogP contribution in [0.2, 0.25) is 0 Å². The largest absolute Gasteiger partial charge is 0.494 e. The number of Topliss-reactive ketones (excluding diaryl/α,β-unsaturated/α-hetero) is 1. The lowest BCUT2D eigenvalue weighted by Crippen LogP contribution is -2.23. The number of halogens is 2. The Kier molecular flexibility index (Phi) is 6.68. The number of pyridine rings is 3. The minimum atomic E-state index is -2.79. The molecule has 9 nitrogen and oxygen atoms in total. The van der Waals surface area contributed by atoms with E-state index in [9.17, 15) is 18.4 Å². The molecule has 1 unspecified atom stereocenters. The Hall–Kier alpha value is -4.16. The number of rotatable bonds is 7. The fourth-order valence-electron chi connectivity index (χ4n) is 4.03. The molecule has 0 spiro atoms. The van der Waals surface area contributed by atoms with Crippen molar-refractivity contribution in [2.45, 2.75) is 25.9 Å². The summed E-state index contributed by atoms with van der Waals surface area (Å²) in [5, 5.41) is 6.21. The molecular formula is C25H20F2N6O3S. The monoisotopic (exact) mass is 522 g/mol. The van der Waals surface area contributed by atoms with Gasteiger partial charge in [0, 0.05) is 52.4 Å². The number of hydrogen-bond acceptors (Lipinski definition) is 9. The SMILES string of the molecule is COc1cnc(C(F)F)cc1-c1cc(C)ncc1C(=O)Nc1nc2c(s1)CNC2C(=O)c1cccnc1. The summed E-state index contributed by atoms with van der Waals surface area (Å²) in [4.78, 5) is 43.5. The molecule has 4 aromatic rings. The number of thiazole rings is 1.